The lowest BCUT2D eigenvalue weighted by Gasteiger charge is -2.19. The minimum absolute atomic E-state index is 0.750. The van der Waals surface area contributed by atoms with Crippen LogP contribution in [0, 0.1) is 6.92 Å². The molecular formula is C30H26N2O. The van der Waals surface area contributed by atoms with Crippen LogP contribution in [0.1, 0.15) is 28.4 Å². The van der Waals surface area contributed by atoms with Gasteiger partial charge >= 0.3 is 0 Å². The number of para-hydroxylation sites is 1. The maximum atomic E-state index is 11.3. The molecule has 5 rings (SSSR count). The summed E-state index contributed by atoms with van der Waals surface area (Å²) < 4.78 is 0. The molecule has 0 aliphatic heterocycles. The average molecular weight is 431 g/mol. The van der Waals surface area contributed by atoms with Crippen LogP contribution in [0.4, 0.5) is 5.69 Å². The van der Waals surface area contributed by atoms with E-state index in [2.05, 4.69) is 79.0 Å². The molecule has 0 aliphatic carbocycles. The van der Waals surface area contributed by atoms with Gasteiger partial charge < -0.3 is 10.4 Å². The SMILES string of the molecule is Cc1cccc2c(-c3cccc(NCc4ccccc4)c3)c(C(O)c3ccccc3)cnc12. The number of benzene rings is 4. The fourth-order valence-electron chi connectivity index (χ4n) is 4.32. The van der Waals surface area contributed by atoms with E-state index in [-0.39, 0.29) is 0 Å². The predicted octanol–water partition coefficient (Wildman–Crippen LogP) is 6.90. The lowest BCUT2D eigenvalue weighted by Crippen LogP contribution is -2.04. The van der Waals surface area contributed by atoms with Crippen molar-refractivity contribution in [1.29, 1.82) is 0 Å². The van der Waals surface area contributed by atoms with Crippen molar-refractivity contribution in [3.63, 3.8) is 0 Å². The van der Waals surface area contributed by atoms with Gasteiger partial charge in [-0.3, -0.25) is 4.98 Å². The predicted molar refractivity (Wildman–Crippen MR) is 136 cm³/mol. The molecule has 5 aromatic rings. The minimum Gasteiger partial charge on any atom is -0.384 e. The zero-order valence-corrected chi connectivity index (χ0v) is 18.6. The number of nitrogens with zero attached hydrogens (tertiary/aromatic N) is 1. The normalized spacial score (nSPS) is 11.9. The van der Waals surface area contributed by atoms with Crippen molar-refractivity contribution in [1.82, 2.24) is 4.98 Å². The second-order valence-electron chi connectivity index (χ2n) is 8.29. The summed E-state index contributed by atoms with van der Waals surface area (Å²) in [5, 5.41) is 15.9. The molecule has 3 heteroatoms. The molecule has 0 fully saturated rings. The number of hydrogen-bond donors (Lipinski definition) is 2. The van der Waals surface area contributed by atoms with Crippen molar-refractivity contribution in [2.75, 3.05) is 5.32 Å². The first-order chi connectivity index (χ1) is 16.2. The van der Waals surface area contributed by atoms with Crippen molar-refractivity contribution < 1.29 is 5.11 Å². The van der Waals surface area contributed by atoms with Crippen molar-refractivity contribution >= 4 is 16.6 Å². The molecule has 1 unspecified atom stereocenters. The van der Waals surface area contributed by atoms with E-state index in [0.29, 0.717) is 0 Å². The van der Waals surface area contributed by atoms with Crippen LogP contribution in [0.15, 0.2) is 109 Å². The average Bonchev–Trinajstić information content (AvgIpc) is 2.88. The number of hydrogen-bond acceptors (Lipinski definition) is 3. The molecule has 0 bridgehead atoms. The fraction of sp³-hybridized carbons (Fsp3) is 0.100. The number of fused-ring (bicyclic) bond motifs is 1. The van der Waals surface area contributed by atoms with Gasteiger partial charge in [-0.1, -0.05) is 91.0 Å². The molecule has 0 spiro atoms. The Morgan fingerprint density at radius 3 is 2.33 bits per heavy atom. The minimum atomic E-state index is -0.764. The molecule has 2 N–H and O–H groups in total. The molecule has 1 aromatic heterocycles. The van der Waals surface area contributed by atoms with E-state index in [1.807, 2.05) is 42.6 Å². The van der Waals surface area contributed by atoms with Crippen LogP contribution in [0.2, 0.25) is 0 Å². The Morgan fingerprint density at radius 1 is 0.818 bits per heavy atom. The molecule has 0 aliphatic rings. The molecule has 4 aromatic carbocycles. The molecule has 33 heavy (non-hydrogen) atoms. The number of rotatable bonds is 6. The van der Waals surface area contributed by atoms with Crippen molar-refractivity contribution in [3.05, 3.63) is 132 Å². The summed E-state index contributed by atoms with van der Waals surface area (Å²) in [6, 6.07) is 34.7. The first-order valence-electron chi connectivity index (χ1n) is 11.2. The van der Waals surface area contributed by atoms with E-state index in [1.54, 1.807) is 0 Å². The Morgan fingerprint density at radius 2 is 1.55 bits per heavy atom. The molecule has 3 nitrogen and oxygen atoms in total. The van der Waals surface area contributed by atoms with E-state index in [9.17, 15) is 5.11 Å². The van der Waals surface area contributed by atoms with Gasteiger partial charge in [-0.25, -0.2) is 0 Å². The van der Waals surface area contributed by atoms with Crippen LogP contribution in [-0.2, 0) is 6.54 Å². The van der Waals surface area contributed by atoms with Gasteiger partial charge in [0.2, 0.25) is 0 Å². The number of anilines is 1. The van der Waals surface area contributed by atoms with Gasteiger partial charge in [0, 0.05) is 29.4 Å². The molecule has 0 radical (unpaired) electrons. The lowest BCUT2D eigenvalue weighted by molar-refractivity contribution is 0.220. The van der Waals surface area contributed by atoms with Crippen LogP contribution in [0.25, 0.3) is 22.0 Å². The van der Waals surface area contributed by atoms with Crippen molar-refractivity contribution in [3.8, 4) is 11.1 Å². The molecule has 1 heterocycles. The highest BCUT2D eigenvalue weighted by Gasteiger charge is 2.19. The van der Waals surface area contributed by atoms with Crippen molar-refractivity contribution in [2.24, 2.45) is 0 Å². The van der Waals surface area contributed by atoms with Crippen LogP contribution in [0.3, 0.4) is 0 Å². The van der Waals surface area contributed by atoms with Crippen LogP contribution >= 0.6 is 0 Å². The number of aliphatic hydroxyl groups excluding tert-OH is 1. The highest BCUT2D eigenvalue weighted by atomic mass is 16.3. The number of aliphatic hydroxyl groups is 1. The van der Waals surface area contributed by atoms with E-state index in [4.69, 9.17) is 4.98 Å². The first kappa shape index (κ1) is 20.9. The van der Waals surface area contributed by atoms with E-state index in [1.165, 1.54) is 5.56 Å². The third kappa shape index (κ3) is 4.36. The highest BCUT2D eigenvalue weighted by Crippen LogP contribution is 2.38. The zero-order chi connectivity index (χ0) is 22.6. The number of nitrogens with one attached hydrogen (secondary N) is 1. The van der Waals surface area contributed by atoms with Gasteiger partial charge in [0.05, 0.1) is 5.52 Å². The number of aryl methyl sites for hydroxylation is 1. The smallest absolute Gasteiger partial charge is 0.106 e. The maximum Gasteiger partial charge on any atom is 0.106 e. The van der Waals surface area contributed by atoms with Crippen LogP contribution < -0.4 is 5.32 Å². The third-order valence-electron chi connectivity index (χ3n) is 6.03. The van der Waals surface area contributed by atoms with Gasteiger partial charge in [-0.2, -0.15) is 0 Å². The van der Waals surface area contributed by atoms with Gasteiger partial charge in [-0.15, -0.1) is 0 Å². The molecule has 1 atom stereocenters. The molecular weight excluding hydrogens is 404 g/mol. The standard InChI is InChI=1S/C30H26N2O/c1-21-10-8-17-26-28(27(20-32-29(21)26)30(33)23-13-6-3-7-14-23)24-15-9-16-25(18-24)31-19-22-11-4-2-5-12-22/h2-18,20,30-31,33H,19H2,1H3. The van der Waals surface area contributed by atoms with Gasteiger partial charge in [0.25, 0.3) is 0 Å². The number of aromatic nitrogens is 1. The van der Waals surface area contributed by atoms with E-state index in [0.717, 1.165) is 51.0 Å². The summed E-state index contributed by atoms with van der Waals surface area (Å²) in [5.74, 6) is 0. The summed E-state index contributed by atoms with van der Waals surface area (Å²) in [7, 11) is 0. The van der Waals surface area contributed by atoms with Gasteiger partial charge in [0.15, 0.2) is 0 Å². The summed E-state index contributed by atoms with van der Waals surface area (Å²) in [6.07, 6.45) is 1.06. The summed E-state index contributed by atoms with van der Waals surface area (Å²) in [5.41, 5.74) is 8.07. The van der Waals surface area contributed by atoms with Crippen molar-refractivity contribution in [2.45, 2.75) is 19.6 Å². The molecule has 0 saturated carbocycles. The Hall–Kier alpha value is -3.95. The Bertz CT molecular complexity index is 1380. The Kier molecular flexibility index (Phi) is 5.88. The zero-order valence-electron chi connectivity index (χ0n) is 18.6. The second-order valence-corrected chi connectivity index (χ2v) is 8.29. The quantitative estimate of drug-likeness (QED) is 0.308. The third-order valence-corrected chi connectivity index (χ3v) is 6.03. The summed E-state index contributed by atoms with van der Waals surface area (Å²) >= 11 is 0. The van der Waals surface area contributed by atoms with Gasteiger partial charge in [0.1, 0.15) is 6.10 Å². The summed E-state index contributed by atoms with van der Waals surface area (Å²) in [4.78, 5) is 4.74. The molecule has 162 valence electrons. The summed E-state index contributed by atoms with van der Waals surface area (Å²) in [6.45, 7) is 2.82. The van der Waals surface area contributed by atoms with Gasteiger partial charge in [-0.05, 0) is 46.9 Å². The monoisotopic (exact) mass is 430 g/mol. The topological polar surface area (TPSA) is 45.1 Å². The second kappa shape index (κ2) is 9.27. The van der Waals surface area contributed by atoms with E-state index >= 15 is 0 Å². The molecule has 0 saturated heterocycles. The molecule has 0 amide bonds. The highest BCUT2D eigenvalue weighted by molar-refractivity contribution is 5.98. The fourth-order valence-corrected chi connectivity index (χ4v) is 4.32. The number of pyridine rings is 1. The largest absolute Gasteiger partial charge is 0.384 e. The maximum absolute atomic E-state index is 11.3. The Labute approximate surface area is 194 Å². The van der Waals surface area contributed by atoms with E-state index < -0.39 is 6.10 Å². The van der Waals surface area contributed by atoms with Crippen LogP contribution in [0.5, 0.6) is 0 Å². The first-order valence-corrected chi connectivity index (χ1v) is 11.2. The lowest BCUT2D eigenvalue weighted by atomic mass is 9.90. The Balaban J connectivity index is 1.61. The van der Waals surface area contributed by atoms with Crippen LogP contribution in [-0.4, -0.2) is 10.1 Å².